The predicted octanol–water partition coefficient (Wildman–Crippen LogP) is 3.01. The van der Waals surface area contributed by atoms with E-state index in [-0.39, 0.29) is 5.91 Å². The molecule has 2 heterocycles. The molecule has 128 valence electrons. The molecule has 0 fully saturated rings. The van der Waals surface area contributed by atoms with E-state index in [2.05, 4.69) is 22.2 Å². The van der Waals surface area contributed by atoms with Crippen molar-refractivity contribution in [3.63, 3.8) is 0 Å². The average Bonchev–Trinajstić information content (AvgIpc) is 2.98. The van der Waals surface area contributed by atoms with Crippen LogP contribution in [0.15, 0.2) is 60.9 Å². The average molecular weight is 334 g/mol. The van der Waals surface area contributed by atoms with Gasteiger partial charge in [0.25, 0.3) is 5.91 Å². The van der Waals surface area contributed by atoms with Crippen molar-refractivity contribution in [3.05, 3.63) is 83.4 Å². The van der Waals surface area contributed by atoms with E-state index in [9.17, 15) is 4.79 Å². The Hall–Kier alpha value is -2.95. The number of pyridine rings is 1. The molecule has 0 N–H and O–H groups in total. The Morgan fingerprint density at radius 3 is 2.44 bits per heavy atom. The Morgan fingerprint density at radius 1 is 1.08 bits per heavy atom. The maximum Gasteiger partial charge on any atom is 0.272 e. The van der Waals surface area contributed by atoms with E-state index in [1.807, 2.05) is 55.3 Å². The molecule has 1 aromatic carbocycles. The van der Waals surface area contributed by atoms with Gasteiger partial charge in [-0.25, -0.2) is 0 Å². The fraction of sp³-hybridized carbons (Fsp3) is 0.250. The number of carbonyl (C=O) groups is 1. The number of amides is 1. The minimum absolute atomic E-state index is 0.00385. The van der Waals surface area contributed by atoms with Crippen molar-refractivity contribution >= 4 is 5.91 Å². The van der Waals surface area contributed by atoms with Gasteiger partial charge in [0.2, 0.25) is 0 Å². The first-order valence-corrected chi connectivity index (χ1v) is 8.36. The first kappa shape index (κ1) is 16.9. The monoisotopic (exact) mass is 334 g/mol. The standard InChI is InChI=1S/C20H22N4O/c1-16-14-19(23(2)22-16)20(25)24(15-18-8-11-21-12-9-18)13-10-17-6-4-3-5-7-17/h3-9,11-12,14H,10,13,15H2,1-2H3. The van der Waals surface area contributed by atoms with Crippen LogP contribution in [0.5, 0.6) is 0 Å². The summed E-state index contributed by atoms with van der Waals surface area (Å²) in [6.07, 6.45) is 4.32. The summed E-state index contributed by atoms with van der Waals surface area (Å²) in [5, 5.41) is 4.30. The summed E-state index contributed by atoms with van der Waals surface area (Å²) in [6.45, 7) is 3.10. The number of hydrogen-bond acceptors (Lipinski definition) is 3. The van der Waals surface area contributed by atoms with Crippen LogP contribution < -0.4 is 0 Å². The quantitative estimate of drug-likeness (QED) is 0.696. The van der Waals surface area contributed by atoms with E-state index in [4.69, 9.17) is 0 Å². The summed E-state index contributed by atoms with van der Waals surface area (Å²) >= 11 is 0. The largest absolute Gasteiger partial charge is 0.333 e. The zero-order chi connectivity index (χ0) is 17.6. The van der Waals surface area contributed by atoms with E-state index < -0.39 is 0 Å². The van der Waals surface area contributed by atoms with E-state index in [1.54, 1.807) is 17.1 Å². The van der Waals surface area contributed by atoms with Crippen LogP contribution in [0.1, 0.15) is 27.3 Å². The number of aryl methyl sites for hydroxylation is 2. The van der Waals surface area contributed by atoms with Gasteiger partial charge in [-0.3, -0.25) is 14.5 Å². The van der Waals surface area contributed by atoms with Gasteiger partial charge in [0.15, 0.2) is 0 Å². The maximum atomic E-state index is 13.1. The summed E-state index contributed by atoms with van der Waals surface area (Å²) in [5.41, 5.74) is 3.74. The van der Waals surface area contributed by atoms with Crippen LogP contribution in [-0.2, 0) is 20.0 Å². The van der Waals surface area contributed by atoms with Gasteiger partial charge in [-0.1, -0.05) is 30.3 Å². The number of benzene rings is 1. The molecule has 0 saturated heterocycles. The zero-order valence-electron chi connectivity index (χ0n) is 14.6. The van der Waals surface area contributed by atoms with Gasteiger partial charge in [0, 0.05) is 32.5 Å². The molecule has 0 bridgehead atoms. The smallest absolute Gasteiger partial charge is 0.272 e. The lowest BCUT2D eigenvalue weighted by Gasteiger charge is -2.23. The molecule has 0 aliphatic rings. The Balaban J connectivity index is 1.80. The van der Waals surface area contributed by atoms with Crippen LogP contribution in [0.3, 0.4) is 0 Å². The molecule has 0 spiro atoms. The number of aromatic nitrogens is 3. The van der Waals surface area contributed by atoms with Crippen LogP contribution in [0, 0.1) is 6.92 Å². The lowest BCUT2D eigenvalue weighted by molar-refractivity contribution is 0.0734. The molecule has 0 saturated carbocycles. The first-order chi connectivity index (χ1) is 12.1. The van der Waals surface area contributed by atoms with Crippen LogP contribution in [0.4, 0.5) is 0 Å². The van der Waals surface area contributed by atoms with Crippen molar-refractivity contribution in [2.45, 2.75) is 19.9 Å². The summed E-state index contributed by atoms with van der Waals surface area (Å²) in [4.78, 5) is 19.0. The fourth-order valence-electron chi connectivity index (χ4n) is 2.84. The molecule has 0 atom stereocenters. The second-order valence-corrected chi connectivity index (χ2v) is 6.11. The highest BCUT2D eigenvalue weighted by atomic mass is 16.2. The van der Waals surface area contributed by atoms with E-state index in [1.165, 1.54) is 5.56 Å². The van der Waals surface area contributed by atoms with Crippen molar-refractivity contribution in [1.82, 2.24) is 19.7 Å². The van der Waals surface area contributed by atoms with Crippen LogP contribution in [0.25, 0.3) is 0 Å². The molecule has 2 aromatic heterocycles. The highest BCUT2D eigenvalue weighted by Crippen LogP contribution is 2.12. The van der Waals surface area contributed by atoms with Crippen LogP contribution in [0.2, 0.25) is 0 Å². The van der Waals surface area contributed by atoms with Gasteiger partial charge >= 0.3 is 0 Å². The Labute approximate surface area is 147 Å². The second-order valence-electron chi connectivity index (χ2n) is 6.11. The van der Waals surface area contributed by atoms with Crippen molar-refractivity contribution in [2.75, 3.05) is 6.54 Å². The van der Waals surface area contributed by atoms with E-state index in [0.29, 0.717) is 18.8 Å². The molecular weight excluding hydrogens is 312 g/mol. The van der Waals surface area contributed by atoms with Gasteiger partial charge < -0.3 is 4.90 Å². The molecular formula is C20H22N4O. The summed E-state index contributed by atoms with van der Waals surface area (Å²) in [7, 11) is 1.81. The predicted molar refractivity (Wildman–Crippen MR) is 97.1 cm³/mol. The van der Waals surface area contributed by atoms with E-state index >= 15 is 0 Å². The van der Waals surface area contributed by atoms with Gasteiger partial charge in [-0.05, 0) is 42.7 Å². The number of nitrogens with zero attached hydrogens (tertiary/aromatic N) is 4. The van der Waals surface area contributed by atoms with Crippen molar-refractivity contribution in [3.8, 4) is 0 Å². The highest BCUT2D eigenvalue weighted by molar-refractivity contribution is 5.92. The Kier molecular flexibility index (Phi) is 5.23. The molecule has 0 radical (unpaired) electrons. The van der Waals surface area contributed by atoms with Crippen molar-refractivity contribution < 1.29 is 4.79 Å². The lowest BCUT2D eigenvalue weighted by Crippen LogP contribution is -2.33. The summed E-state index contributed by atoms with van der Waals surface area (Å²) in [5.74, 6) is -0.00385. The molecule has 1 amide bonds. The highest BCUT2D eigenvalue weighted by Gasteiger charge is 2.20. The van der Waals surface area contributed by atoms with Crippen molar-refractivity contribution in [1.29, 1.82) is 0 Å². The van der Waals surface area contributed by atoms with Gasteiger partial charge in [0.05, 0.1) is 5.69 Å². The fourth-order valence-corrected chi connectivity index (χ4v) is 2.84. The molecule has 3 rings (SSSR count). The molecule has 5 nitrogen and oxygen atoms in total. The lowest BCUT2D eigenvalue weighted by atomic mass is 10.1. The second kappa shape index (κ2) is 7.75. The summed E-state index contributed by atoms with van der Waals surface area (Å²) < 4.78 is 1.65. The molecule has 0 unspecified atom stereocenters. The van der Waals surface area contributed by atoms with Crippen LogP contribution >= 0.6 is 0 Å². The summed E-state index contributed by atoms with van der Waals surface area (Å²) in [6, 6.07) is 15.9. The zero-order valence-corrected chi connectivity index (χ0v) is 14.6. The molecule has 0 aliphatic carbocycles. The number of hydrogen-bond donors (Lipinski definition) is 0. The van der Waals surface area contributed by atoms with Crippen molar-refractivity contribution in [2.24, 2.45) is 7.05 Å². The van der Waals surface area contributed by atoms with Crippen LogP contribution in [-0.4, -0.2) is 32.1 Å². The first-order valence-electron chi connectivity index (χ1n) is 8.36. The normalized spacial score (nSPS) is 10.6. The Morgan fingerprint density at radius 2 is 1.80 bits per heavy atom. The Bertz CT molecular complexity index is 827. The molecule has 0 aliphatic heterocycles. The molecule has 3 aromatic rings. The third-order valence-corrected chi connectivity index (χ3v) is 4.14. The number of carbonyl (C=O) groups excluding carboxylic acids is 1. The van der Waals surface area contributed by atoms with E-state index in [0.717, 1.165) is 17.7 Å². The minimum Gasteiger partial charge on any atom is -0.333 e. The molecule has 25 heavy (non-hydrogen) atoms. The number of rotatable bonds is 6. The maximum absolute atomic E-state index is 13.1. The third-order valence-electron chi connectivity index (χ3n) is 4.14. The van der Waals surface area contributed by atoms with Gasteiger partial charge in [0.1, 0.15) is 5.69 Å². The SMILES string of the molecule is Cc1cc(C(=O)N(CCc2ccccc2)Cc2ccncc2)n(C)n1. The molecule has 5 heteroatoms. The van der Waals surface area contributed by atoms with Gasteiger partial charge in [-0.15, -0.1) is 0 Å². The topological polar surface area (TPSA) is 51.0 Å². The van der Waals surface area contributed by atoms with Gasteiger partial charge in [-0.2, -0.15) is 5.10 Å². The third kappa shape index (κ3) is 4.32. The minimum atomic E-state index is -0.00385.